The molecular formula is C19H32O2. The highest BCUT2D eigenvalue weighted by molar-refractivity contribution is 5.45. The summed E-state index contributed by atoms with van der Waals surface area (Å²) in [6.07, 6.45) is 12.1. The molecule has 2 N–H and O–H groups in total. The highest BCUT2D eigenvalue weighted by Crippen LogP contribution is 2.39. The van der Waals surface area contributed by atoms with Gasteiger partial charge < -0.3 is 10.2 Å². The summed E-state index contributed by atoms with van der Waals surface area (Å²) in [6.45, 7) is 4.42. The van der Waals surface area contributed by atoms with Crippen LogP contribution in [0.25, 0.3) is 0 Å². The Hall–Kier alpha value is -1.18. The van der Waals surface area contributed by atoms with E-state index in [1.807, 2.05) is 0 Å². The summed E-state index contributed by atoms with van der Waals surface area (Å²) < 4.78 is 0. The normalized spacial score (nSPS) is 12.5. The van der Waals surface area contributed by atoms with Crippen molar-refractivity contribution in [3.05, 3.63) is 23.8 Å². The molecule has 0 aromatic heterocycles. The molecule has 0 spiro atoms. The largest absolute Gasteiger partial charge is 0.508 e. The molecule has 0 aliphatic rings. The minimum Gasteiger partial charge on any atom is -0.508 e. The summed E-state index contributed by atoms with van der Waals surface area (Å²) in [6, 6.07) is 5.08. The van der Waals surface area contributed by atoms with Gasteiger partial charge in [0, 0.05) is 5.56 Å². The van der Waals surface area contributed by atoms with Crippen LogP contribution in [0.3, 0.4) is 0 Å². The number of phenols is 2. The first-order chi connectivity index (χ1) is 10.2. The van der Waals surface area contributed by atoms with Gasteiger partial charge in [0.1, 0.15) is 11.5 Å². The Bertz CT molecular complexity index is 367. The smallest absolute Gasteiger partial charge is 0.122 e. The van der Waals surface area contributed by atoms with Crippen LogP contribution in [0.15, 0.2) is 18.2 Å². The van der Waals surface area contributed by atoms with Crippen molar-refractivity contribution in [3.63, 3.8) is 0 Å². The predicted octanol–water partition coefficient (Wildman–Crippen LogP) is 6.12. The second kappa shape index (κ2) is 10.5. The number of rotatable bonds is 11. The molecule has 21 heavy (non-hydrogen) atoms. The van der Waals surface area contributed by atoms with Gasteiger partial charge in [-0.05, 0) is 30.9 Å². The summed E-state index contributed by atoms with van der Waals surface area (Å²) in [7, 11) is 0. The van der Waals surface area contributed by atoms with Crippen molar-refractivity contribution in [3.8, 4) is 11.5 Å². The summed E-state index contributed by atoms with van der Waals surface area (Å²) in [5.74, 6) is 0.793. The van der Waals surface area contributed by atoms with Crippen molar-refractivity contribution >= 4 is 0 Å². The van der Waals surface area contributed by atoms with Gasteiger partial charge in [-0.2, -0.15) is 0 Å². The van der Waals surface area contributed by atoms with Gasteiger partial charge in [0.15, 0.2) is 0 Å². The van der Waals surface area contributed by atoms with E-state index >= 15 is 0 Å². The minimum absolute atomic E-state index is 0.252. The molecule has 120 valence electrons. The van der Waals surface area contributed by atoms with E-state index < -0.39 is 0 Å². The highest BCUT2D eigenvalue weighted by atomic mass is 16.3. The van der Waals surface area contributed by atoms with Crippen molar-refractivity contribution in [2.45, 2.75) is 84.0 Å². The van der Waals surface area contributed by atoms with E-state index in [2.05, 4.69) is 13.8 Å². The van der Waals surface area contributed by atoms with Gasteiger partial charge >= 0.3 is 0 Å². The zero-order valence-corrected chi connectivity index (χ0v) is 13.8. The fourth-order valence-electron chi connectivity index (χ4n) is 3.01. The zero-order valence-electron chi connectivity index (χ0n) is 13.8. The Morgan fingerprint density at radius 2 is 1.29 bits per heavy atom. The Morgan fingerprint density at radius 3 is 1.90 bits per heavy atom. The van der Waals surface area contributed by atoms with E-state index in [9.17, 15) is 10.2 Å². The van der Waals surface area contributed by atoms with Crippen LogP contribution in [0.4, 0.5) is 0 Å². The van der Waals surface area contributed by atoms with Crippen molar-refractivity contribution in [2.75, 3.05) is 0 Å². The van der Waals surface area contributed by atoms with E-state index in [0.29, 0.717) is 0 Å². The van der Waals surface area contributed by atoms with Crippen molar-refractivity contribution in [2.24, 2.45) is 0 Å². The summed E-state index contributed by atoms with van der Waals surface area (Å²) in [4.78, 5) is 0. The quantitative estimate of drug-likeness (QED) is 0.482. The Morgan fingerprint density at radius 1 is 0.762 bits per heavy atom. The molecule has 1 rings (SSSR count). The molecule has 0 amide bonds. The molecule has 0 radical (unpaired) electrons. The Balaban J connectivity index is 2.55. The summed E-state index contributed by atoms with van der Waals surface area (Å²) >= 11 is 0. The van der Waals surface area contributed by atoms with E-state index in [-0.39, 0.29) is 17.4 Å². The van der Waals surface area contributed by atoms with Crippen LogP contribution in [-0.2, 0) is 0 Å². The highest BCUT2D eigenvalue weighted by Gasteiger charge is 2.18. The van der Waals surface area contributed by atoms with E-state index in [4.69, 9.17) is 0 Å². The molecule has 0 bridgehead atoms. The van der Waals surface area contributed by atoms with Crippen LogP contribution in [0, 0.1) is 0 Å². The standard InChI is InChI=1S/C19H32O2/c1-3-5-7-8-9-10-13-16(12-6-4-2)19-17(20)14-11-15-18(19)21/h11,14-16,20-21H,3-10,12-13H2,1-2H3. The van der Waals surface area contributed by atoms with Crippen molar-refractivity contribution in [1.82, 2.24) is 0 Å². The Labute approximate surface area is 130 Å². The second-order valence-corrected chi connectivity index (χ2v) is 6.11. The van der Waals surface area contributed by atoms with E-state index in [1.54, 1.807) is 18.2 Å². The average Bonchev–Trinajstić information content (AvgIpc) is 2.47. The maximum Gasteiger partial charge on any atom is 0.122 e. The molecule has 0 aliphatic carbocycles. The number of phenolic OH excluding ortho intramolecular Hbond substituents is 2. The SMILES string of the molecule is CCCCCCCCC(CCCC)c1c(O)cccc1O. The fraction of sp³-hybridized carbons (Fsp3) is 0.684. The maximum atomic E-state index is 10.1. The third-order valence-electron chi connectivity index (χ3n) is 4.28. The monoisotopic (exact) mass is 292 g/mol. The van der Waals surface area contributed by atoms with Crippen LogP contribution in [-0.4, -0.2) is 10.2 Å². The van der Waals surface area contributed by atoms with Gasteiger partial charge in [-0.15, -0.1) is 0 Å². The second-order valence-electron chi connectivity index (χ2n) is 6.11. The van der Waals surface area contributed by atoms with Crippen LogP contribution < -0.4 is 0 Å². The first-order valence-corrected chi connectivity index (χ1v) is 8.71. The molecule has 0 saturated heterocycles. The summed E-state index contributed by atoms with van der Waals surface area (Å²) in [5.41, 5.74) is 0.763. The lowest BCUT2D eigenvalue weighted by atomic mass is 9.87. The number of aromatic hydroxyl groups is 2. The molecule has 1 atom stereocenters. The van der Waals surface area contributed by atoms with E-state index in [0.717, 1.165) is 31.2 Å². The number of unbranched alkanes of at least 4 members (excludes halogenated alkanes) is 6. The Kier molecular flexibility index (Phi) is 8.96. The number of hydrogen-bond acceptors (Lipinski definition) is 2. The number of benzene rings is 1. The molecular weight excluding hydrogens is 260 g/mol. The lowest BCUT2D eigenvalue weighted by Crippen LogP contribution is -2.01. The van der Waals surface area contributed by atoms with Gasteiger partial charge in [0.25, 0.3) is 0 Å². The topological polar surface area (TPSA) is 40.5 Å². The lowest BCUT2D eigenvalue weighted by Gasteiger charge is -2.19. The average molecular weight is 292 g/mol. The van der Waals surface area contributed by atoms with Crippen LogP contribution in [0.2, 0.25) is 0 Å². The van der Waals surface area contributed by atoms with Crippen LogP contribution in [0.1, 0.15) is 89.5 Å². The fourth-order valence-corrected chi connectivity index (χ4v) is 3.01. The lowest BCUT2D eigenvalue weighted by molar-refractivity contribution is 0.410. The molecule has 1 aromatic rings. The van der Waals surface area contributed by atoms with Crippen molar-refractivity contribution in [1.29, 1.82) is 0 Å². The van der Waals surface area contributed by atoms with Gasteiger partial charge in [-0.25, -0.2) is 0 Å². The number of hydrogen-bond donors (Lipinski definition) is 2. The molecule has 1 aromatic carbocycles. The molecule has 1 unspecified atom stereocenters. The molecule has 2 nitrogen and oxygen atoms in total. The zero-order chi connectivity index (χ0) is 15.5. The molecule has 0 aliphatic heterocycles. The van der Waals surface area contributed by atoms with Crippen molar-refractivity contribution < 1.29 is 10.2 Å². The third-order valence-corrected chi connectivity index (χ3v) is 4.28. The van der Waals surface area contributed by atoms with Crippen LogP contribution >= 0.6 is 0 Å². The van der Waals surface area contributed by atoms with Gasteiger partial charge in [0.2, 0.25) is 0 Å². The third kappa shape index (κ3) is 6.41. The van der Waals surface area contributed by atoms with Crippen LogP contribution in [0.5, 0.6) is 11.5 Å². The molecule has 0 fully saturated rings. The van der Waals surface area contributed by atoms with E-state index in [1.165, 1.54) is 38.5 Å². The maximum absolute atomic E-state index is 10.1. The first kappa shape index (κ1) is 17.9. The summed E-state index contributed by atoms with van der Waals surface area (Å²) in [5, 5.41) is 20.1. The first-order valence-electron chi connectivity index (χ1n) is 8.71. The van der Waals surface area contributed by atoms with Gasteiger partial charge in [-0.3, -0.25) is 0 Å². The molecule has 2 heteroatoms. The molecule has 0 saturated carbocycles. The van der Waals surface area contributed by atoms with Gasteiger partial charge in [-0.1, -0.05) is 71.3 Å². The minimum atomic E-state index is 0.252. The van der Waals surface area contributed by atoms with Gasteiger partial charge in [0.05, 0.1) is 0 Å². The predicted molar refractivity (Wildman–Crippen MR) is 90.0 cm³/mol. The molecule has 0 heterocycles.